The van der Waals surface area contributed by atoms with E-state index in [9.17, 15) is 0 Å². The normalized spacial score (nSPS) is 53.7. The van der Waals surface area contributed by atoms with Crippen LogP contribution in [-0.2, 0) is 9.47 Å². The first-order valence-electron chi connectivity index (χ1n) is 50.7. The van der Waals surface area contributed by atoms with Gasteiger partial charge in [0.1, 0.15) is 0 Å². The van der Waals surface area contributed by atoms with Crippen molar-refractivity contribution in [2.45, 2.75) is 480 Å². The molecule has 0 aromatic rings. The van der Waals surface area contributed by atoms with Crippen LogP contribution in [0.15, 0.2) is 0 Å². The summed E-state index contributed by atoms with van der Waals surface area (Å²) < 4.78 is 13.9. The monoisotopic (exact) mass is 1490 g/mol. The number of fused-ring (bicyclic) bond motifs is 19. The van der Waals surface area contributed by atoms with Crippen LogP contribution >= 0.6 is 23.5 Å². The summed E-state index contributed by atoms with van der Waals surface area (Å²) >= 11 is 5.24. The van der Waals surface area contributed by atoms with E-state index in [2.05, 4.69) is 33.3 Å². The number of hydrogen-bond donors (Lipinski definition) is 0. The second kappa shape index (κ2) is 33.1. The highest BCUT2D eigenvalue weighted by Crippen LogP contribution is 2.66. The molecular formula is C100H162N2O2S2. The molecule has 22 rings (SSSR count). The predicted molar refractivity (Wildman–Crippen MR) is 444 cm³/mol. The maximum Gasteiger partial charge on any atom is 0.0621 e. The van der Waals surface area contributed by atoms with Gasteiger partial charge in [-0.05, 0) is 374 Å². The number of ether oxygens (including phenoxy) is 2. The summed E-state index contributed by atoms with van der Waals surface area (Å²) in [7, 11) is 0. The molecule has 0 aromatic heterocycles. The molecule has 4 saturated heterocycles. The van der Waals surface area contributed by atoms with Gasteiger partial charge in [-0.1, -0.05) is 154 Å². The molecule has 29 unspecified atom stereocenters. The highest BCUT2D eigenvalue weighted by Gasteiger charge is 2.63. The molecule has 4 nitrogen and oxygen atoms in total. The third kappa shape index (κ3) is 14.4. The van der Waals surface area contributed by atoms with Gasteiger partial charge in [0.2, 0.25) is 0 Å². The molecule has 0 radical (unpaired) electrons. The number of nitrogens with zero attached hydrogens (tertiary/aromatic N) is 2. The minimum atomic E-state index is 0.615. The van der Waals surface area contributed by atoms with Crippen LogP contribution in [0.2, 0.25) is 0 Å². The van der Waals surface area contributed by atoms with Gasteiger partial charge in [0, 0.05) is 69.1 Å². The molecule has 106 heavy (non-hydrogen) atoms. The standard InChI is InChI=1S/2C50H81NOS/c1-3-10-36-30-38(18-16-32(36)8-1)34-20-24-40(25-21-34)51(41-26-22-35(23-27-41)39-19-17-33-9-2-4-11-37(33)31-39)45-14-7-13-42-43-28-29-47-48(50(43)53-49(42)45)44-12-5-6-15-46(44)52-47;1-2-11-32(12-3-1)33-21-25-36(26-22-33)51(37-27-23-34(24-28-37)44-31-35-13-4-5-14-38(35)39-15-6-7-16-40(39)44)45-19-10-18-41-42-29-30-47-48(50(42)53-49(41)45)43-17-8-9-20-46(43)52-47/h2*32-50H,1-31H2. The van der Waals surface area contributed by atoms with E-state index in [0.29, 0.717) is 24.4 Å². The molecule has 6 heteroatoms. The highest BCUT2D eigenvalue weighted by atomic mass is 32.2. The van der Waals surface area contributed by atoms with Crippen LogP contribution in [0.5, 0.6) is 0 Å². The fraction of sp³-hybridized carbons (Fsp3) is 1.00. The predicted octanol–water partition coefficient (Wildman–Crippen LogP) is 26.5. The fourth-order valence-electron chi connectivity index (χ4n) is 36.5. The van der Waals surface area contributed by atoms with Gasteiger partial charge < -0.3 is 9.47 Å². The minimum Gasteiger partial charge on any atom is -0.374 e. The Balaban J connectivity index is 0.000000136. The van der Waals surface area contributed by atoms with E-state index < -0.39 is 0 Å². The molecule has 0 spiro atoms. The second-order valence-corrected chi connectivity index (χ2v) is 47.7. The van der Waals surface area contributed by atoms with Crippen molar-refractivity contribution >= 4 is 23.5 Å². The summed E-state index contributed by atoms with van der Waals surface area (Å²) in [4.78, 5) is 6.89. The molecule has 18 aliphatic carbocycles. The van der Waals surface area contributed by atoms with Crippen LogP contribution in [0.1, 0.15) is 398 Å². The van der Waals surface area contributed by atoms with Crippen molar-refractivity contribution in [3.8, 4) is 0 Å². The summed E-state index contributed by atoms with van der Waals surface area (Å²) in [5, 5.41) is 3.71. The van der Waals surface area contributed by atoms with Crippen LogP contribution < -0.4 is 0 Å². The van der Waals surface area contributed by atoms with Crippen LogP contribution in [0, 0.1) is 142 Å². The summed E-state index contributed by atoms with van der Waals surface area (Å²) in [6.07, 6.45) is 98.1. The Morgan fingerprint density at radius 1 is 0.170 bits per heavy atom. The maximum absolute atomic E-state index is 6.95. The van der Waals surface area contributed by atoms with Gasteiger partial charge in [-0.15, -0.1) is 0 Å². The molecule has 0 N–H and O–H groups in total. The molecule has 0 amide bonds. The van der Waals surface area contributed by atoms with Crippen molar-refractivity contribution < 1.29 is 9.47 Å². The quantitative estimate of drug-likeness (QED) is 0.216. The van der Waals surface area contributed by atoms with Crippen molar-refractivity contribution in [2.75, 3.05) is 0 Å². The maximum atomic E-state index is 6.95. The minimum absolute atomic E-state index is 0.615. The highest BCUT2D eigenvalue weighted by molar-refractivity contribution is 8.01. The first-order chi connectivity index (χ1) is 52.5. The van der Waals surface area contributed by atoms with Crippen LogP contribution in [0.3, 0.4) is 0 Å². The Kier molecular flexibility index (Phi) is 23.2. The van der Waals surface area contributed by atoms with Crippen LogP contribution in [0.4, 0.5) is 0 Å². The van der Waals surface area contributed by atoms with E-state index in [4.69, 9.17) is 9.47 Å². The van der Waals surface area contributed by atoms with E-state index in [1.54, 1.807) is 263 Å². The molecular weight excluding hydrogens is 1330 g/mol. The summed E-state index contributed by atoms with van der Waals surface area (Å²) in [5.41, 5.74) is 0. The zero-order chi connectivity index (χ0) is 69.8. The smallest absolute Gasteiger partial charge is 0.0621 e. The molecule has 18 saturated carbocycles. The van der Waals surface area contributed by atoms with E-state index in [1.165, 1.54) is 135 Å². The van der Waals surface area contributed by atoms with Crippen molar-refractivity contribution in [1.29, 1.82) is 0 Å². The molecule has 4 aliphatic heterocycles. The molecule has 22 aliphatic rings. The van der Waals surface area contributed by atoms with E-state index >= 15 is 0 Å². The first kappa shape index (κ1) is 74.1. The largest absolute Gasteiger partial charge is 0.374 e. The number of hydrogen-bond acceptors (Lipinski definition) is 6. The van der Waals surface area contributed by atoms with Gasteiger partial charge in [0.15, 0.2) is 0 Å². The third-order valence-corrected chi connectivity index (χ3v) is 44.9. The van der Waals surface area contributed by atoms with Crippen molar-refractivity contribution in [3.63, 3.8) is 0 Å². The molecule has 0 aromatic carbocycles. The van der Waals surface area contributed by atoms with Gasteiger partial charge >= 0.3 is 0 Å². The molecule has 0 bridgehead atoms. The van der Waals surface area contributed by atoms with E-state index in [0.717, 1.165) is 199 Å². The van der Waals surface area contributed by atoms with Gasteiger partial charge in [-0.25, -0.2) is 0 Å². The summed E-state index contributed by atoms with van der Waals surface area (Å²) in [5.74, 6) is 25.1. The zero-order valence-corrected chi connectivity index (χ0v) is 69.9. The summed E-state index contributed by atoms with van der Waals surface area (Å²) in [6.45, 7) is 0. The summed E-state index contributed by atoms with van der Waals surface area (Å²) in [6, 6.07) is 5.35. The molecule has 22 fully saturated rings. The van der Waals surface area contributed by atoms with Crippen molar-refractivity contribution in [1.82, 2.24) is 9.80 Å². The van der Waals surface area contributed by atoms with E-state index in [1.807, 2.05) is 0 Å². The molecule has 29 atom stereocenters. The zero-order valence-electron chi connectivity index (χ0n) is 68.3. The third-order valence-electron chi connectivity index (χ3n) is 41.0. The number of rotatable bonds is 10. The lowest BCUT2D eigenvalue weighted by Gasteiger charge is -2.55. The lowest BCUT2D eigenvalue weighted by atomic mass is 9.51. The Morgan fingerprint density at radius 3 is 0.934 bits per heavy atom. The molecule has 4 heterocycles. The SMILES string of the molecule is C1CCC(C2CCC(N(C3CCC(C4CC5CCCCC5C5CCCCC45)CC3)C3CCCC4C5CCC6OC7CCCCC7C6C5SC43)CC2)CC1.C1CCC2CC(C3CCC(N(C4CCC(C5CCC6CCCCC6C5)CC4)C4CCCC5C6CCC7OC8CCCCC8C7C6SC54)CC3)CCC2C1. The lowest BCUT2D eigenvalue weighted by Crippen LogP contribution is -2.57. The van der Waals surface area contributed by atoms with Crippen molar-refractivity contribution in [2.24, 2.45) is 142 Å². The van der Waals surface area contributed by atoms with Crippen molar-refractivity contribution in [3.05, 3.63) is 0 Å². The Hall–Kier alpha value is 0.540. The van der Waals surface area contributed by atoms with Crippen LogP contribution in [-0.4, -0.2) is 91.5 Å². The topological polar surface area (TPSA) is 24.9 Å². The Labute approximate surface area is 660 Å². The average Bonchev–Trinajstić information content (AvgIpc) is 1.54. The van der Waals surface area contributed by atoms with Gasteiger partial charge in [0.05, 0.1) is 24.4 Å². The van der Waals surface area contributed by atoms with Gasteiger partial charge in [-0.2, -0.15) is 23.5 Å². The average molecular weight is 1490 g/mol. The van der Waals surface area contributed by atoms with Gasteiger partial charge in [0.25, 0.3) is 0 Å². The molecule has 596 valence electrons. The van der Waals surface area contributed by atoms with Crippen LogP contribution in [0.25, 0.3) is 0 Å². The van der Waals surface area contributed by atoms with E-state index in [-0.39, 0.29) is 0 Å². The first-order valence-corrected chi connectivity index (χ1v) is 52.6. The lowest BCUT2D eigenvalue weighted by molar-refractivity contribution is -0.0543. The number of thioether (sulfide) groups is 2. The fourth-order valence-corrected chi connectivity index (χ4v) is 41.4. The Morgan fingerprint density at radius 2 is 0.472 bits per heavy atom. The second-order valence-electron chi connectivity index (χ2n) is 45.0. The Bertz CT molecular complexity index is 2760. The van der Waals surface area contributed by atoms with Gasteiger partial charge in [-0.3, -0.25) is 9.80 Å².